The van der Waals surface area contributed by atoms with Crippen LogP contribution in [0.25, 0.3) is 5.69 Å². The third-order valence-electron chi connectivity index (χ3n) is 3.68. The van der Waals surface area contributed by atoms with Crippen molar-refractivity contribution in [3.8, 4) is 17.2 Å². The lowest BCUT2D eigenvalue weighted by Gasteiger charge is -2.10. The average Bonchev–Trinajstić information content (AvgIpc) is 3.09. The first kappa shape index (κ1) is 15.9. The molecule has 0 radical (unpaired) electrons. The molecule has 0 spiro atoms. The standard InChI is InChI=1S/C18H18N4O2/c1-13-6-9-17(11-18(13)22-12-19-20-21-22)24-16-5-3-4-15(10-16)8-7-14(2)23/h3-6,9-12H,7-8H2,1-2H3. The van der Waals surface area contributed by atoms with Gasteiger partial charge in [0, 0.05) is 12.5 Å². The molecule has 0 aliphatic carbocycles. The van der Waals surface area contributed by atoms with Gasteiger partial charge in [0.05, 0.1) is 5.69 Å². The Morgan fingerprint density at radius 3 is 2.75 bits per heavy atom. The molecule has 0 saturated carbocycles. The molecule has 0 saturated heterocycles. The number of benzene rings is 2. The van der Waals surface area contributed by atoms with Gasteiger partial charge in [-0.1, -0.05) is 18.2 Å². The Morgan fingerprint density at radius 2 is 2.00 bits per heavy atom. The number of aryl methyl sites for hydroxylation is 2. The number of hydrogen-bond acceptors (Lipinski definition) is 5. The molecule has 0 aliphatic heterocycles. The van der Waals surface area contributed by atoms with E-state index >= 15 is 0 Å². The van der Waals surface area contributed by atoms with Crippen LogP contribution in [-0.2, 0) is 11.2 Å². The molecule has 24 heavy (non-hydrogen) atoms. The first-order chi connectivity index (χ1) is 11.6. The van der Waals surface area contributed by atoms with E-state index < -0.39 is 0 Å². The zero-order valence-corrected chi connectivity index (χ0v) is 13.6. The molecule has 1 aromatic heterocycles. The second-order valence-electron chi connectivity index (χ2n) is 5.65. The summed E-state index contributed by atoms with van der Waals surface area (Å²) in [6.07, 6.45) is 2.81. The van der Waals surface area contributed by atoms with Crippen molar-refractivity contribution in [2.75, 3.05) is 0 Å². The number of Topliss-reactive ketones (excluding diaryl/α,β-unsaturated/α-hetero) is 1. The van der Waals surface area contributed by atoms with Gasteiger partial charge in [-0.15, -0.1) is 5.10 Å². The normalized spacial score (nSPS) is 10.6. The minimum absolute atomic E-state index is 0.186. The van der Waals surface area contributed by atoms with E-state index in [0.29, 0.717) is 12.2 Å². The number of ether oxygens (including phenoxy) is 1. The van der Waals surface area contributed by atoms with Gasteiger partial charge in [0.1, 0.15) is 23.6 Å². The Bertz CT molecular complexity index is 844. The van der Waals surface area contributed by atoms with Crippen LogP contribution in [0.1, 0.15) is 24.5 Å². The molecule has 0 atom stereocenters. The highest BCUT2D eigenvalue weighted by molar-refractivity contribution is 5.75. The van der Waals surface area contributed by atoms with E-state index in [4.69, 9.17) is 4.74 Å². The monoisotopic (exact) mass is 322 g/mol. The molecule has 122 valence electrons. The largest absolute Gasteiger partial charge is 0.457 e. The van der Waals surface area contributed by atoms with Crippen molar-refractivity contribution in [3.05, 3.63) is 59.9 Å². The van der Waals surface area contributed by atoms with E-state index in [0.717, 1.165) is 29.0 Å². The summed E-state index contributed by atoms with van der Waals surface area (Å²) in [6.45, 7) is 3.59. The van der Waals surface area contributed by atoms with Crippen LogP contribution in [0.4, 0.5) is 0 Å². The molecule has 0 amide bonds. The van der Waals surface area contributed by atoms with Crippen LogP contribution in [0.15, 0.2) is 48.8 Å². The number of carbonyl (C=O) groups is 1. The lowest BCUT2D eigenvalue weighted by Crippen LogP contribution is -1.99. The fourth-order valence-electron chi connectivity index (χ4n) is 2.39. The Balaban J connectivity index is 1.80. The maximum atomic E-state index is 11.1. The highest BCUT2D eigenvalue weighted by Gasteiger charge is 2.06. The van der Waals surface area contributed by atoms with Gasteiger partial charge < -0.3 is 9.53 Å². The van der Waals surface area contributed by atoms with Crippen molar-refractivity contribution in [3.63, 3.8) is 0 Å². The van der Waals surface area contributed by atoms with Gasteiger partial charge in [-0.05, 0) is 60.0 Å². The Labute approximate surface area is 140 Å². The third-order valence-corrected chi connectivity index (χ3v) is 3.68. The minimum atomic E-state index is 0.186. The Morgan fingerprint density at radius 1 is 1.17 bits per heavy atom. The van der Waals surface area contributed by atoms with Gasteiger partial charge in [0.15, 0.2) is 0 Å². The van der Waals surface area contributed by atoms with E-state index in [1.165, 1.54) is 0 Å². The second kappa shape index (κ2) is 7.04. The summed E-state index contributed by atoms with van der Waals surface area (Å²) in [4.78, 5) is 11.1. The van der Waals surface area contributed by atoms with Crippen molar-refractivity contribution in [1.82, 2.24) is 20.2 Å². The SMILES string of the molecule is CC(=O)CCc1cccc(Oc2ccc(C)c(-n3cnnn3)c2)c1. The molecule has 6 nitrogen and oxygen atoms in total. The highest BCUT2D eigenvalue weighted by atomic mass is 16.5. The van der Waals surface area contributed by atoms with Gasteiger partial charge in [-0.25, -0.2) is 4.68 Å². The van der Waals surface area contributed by atoms with Crippen LogP contribution in [0.3, 0.4) is 0 Å². The van der Waals surface area contributed by atoms with Crippen LogP contribution < -0.4 is 4.74 Å². The Kier molecular flexibility index (Phi) is 4.65. The van der Waals surface area contributed by atoms with Gasteiger partial charge in [-0.2, -0.15) is 0 Å². The maximum absolute atomic E-state index is 11.1. The molecule has 2 aromatic carbocycles. The zero-order valence-electron chi connectivity index (χ0n) is 13.6. The summed E-state index contributed by atoms with van der Waals surface area (Å²) in [6, 6.07) is 13.6. The number of rotatable bonds is 6. The molecule has 0 bridgehead atoms. The summed E-state index contributed by atoms with van der Waals surface area (Å²) >= 11 is 0. The van der Waals surface area contributed by atoms with E-state index in [2.05, 4.69) is 15.5 Å². The van der Waals surface area contributed by atoms with E-state index in [-0.39, 0.29) is 5.78 Å². The van der Waals surface area contributed by atoms with Crippen molar-refractivity contribution < 1.29 is 9.53 Å². The van der Waals surface area contributed by atoms with Crippen molar-refractivity contribution >= 4 is 5.78 Å². The smallest absolute Gasteiger partial charge is 0.143 e. The van der Waals surface area contributed by atoms with E-state index in [1.807, 2.05) is 49.4 Å². The second-order valence-corrected chi connectivity index (χ2v) is 5.65. The zero-order chi connectivity index (χ0) is 16.9. The molecule has 0 aliphatic rings. The van der Waals surface area contributed by atoms with E-state index in [1.54, 1.807) is 17.9 Å². The maximum Gasteiger partial charge on any atom is 0.143 e. The van der Waals surface area contributed by atoms with Gasteiger partial charge in [0.25, 0.3) is 0 Å². The third kappa shape index (κ3) is 3.84. The molecule has 0 unspecified atom stereocenters. The number of carbonyl (C=O) groups excluding carboxylic acids is 1. The quantitative estimate of drug-likeness (QED) is 0.696. The molecule has 0 N–H and O–H groups in total. The van der Waals surface area contributed by atoms with Crippen LogP contribution in [0, 0.1) is 6.92 Å². The van der Waals surface area contributed by atoms with Gasteiger partial charge in [-0.3, -0.25) is 0 Å². The number of hydrogen-bond donors (Lipinski definition) is 0. The summed E-state index contributed by atoms with van der Waals surface area (Å²) in [5.41, 5.74) is 2.99. The number of aromatic nitrogens is 4. The first-order valence-corrected chi connectivity index (χ1v) is 7.72. The lowest BCUT2D eigenvalue weighted by molar-refractivity contribution is -0.116. The van der Waals surface area contributed by atoms with Crippen LogP contribution in [-0.4, -0.2) is 26.0 Å². The number of tetrazole rings is 1. The highest BCUT2D eigenvalue weighted by Crippen LogP contribution is 2.26. The van der Waals surface area contributed by atoms with Crippen molar-refractivity contribution in [1.29, 1.82) is 0 Å². The molecular formula is C18H18N4O2. The summed E-state index contributed by atoms with van der Waals surface area (Å²) in [5.74, 6) is 1.63. The van der Waals surface area contributed by atoms with Crippen molar-refractivity contribution in [2.45, 2.75) is 26.7 Å². The van der Waals surface area contributed by atoms with Crippen LogP contribution in [0.5, 0.6) is 11.5 Å². The molecule has 0 fully saturated rings. The summed E-state index contributed by atoms with van der Waals surface area (Å²) in [7, 11) is 0. The predicted octanol–water partition coefficient (Wildman–Crippen LogP) is 3.28. The fraction of sp³-hybridized carbons (Fsp3) is 0.222. The first-order valence-electron chi connectivity index (χ1n) is 7.72. The summed E-state index contributed by atoms with van der Waals surface area (Å²) in [5, 5.41) is 11.2. The van der Waals surface area contributed by atoms with Gasteiger partial charge in [0.2, 0.25) is 0 Å². The van der Waals surface area contributed by atoms with Crippen LogP contribution >= 0.6 is 0 Å². The molecule has 1 heterocycles. The fourth-order valence-corrected chi connectivity index (χ4v) is 2.39. The minimum Gasteiger partial charge on any atom is -0.457 e. The molecule has 3 aromatic rings. The predicted molar refractivity (Wildman–Crippen MR) is 89.4 cm³/mol. The number of nitrogens with zero attached hydrogens (tertiary/aromatic N) is 4. The topological polar surface area (TPSA) is 69.9 Å². The Hall–Kier alpha value is -3.02. The average molecular weight is 322 g/mol. The summed E-state index contributed by atoms with van der Waals surface area (Å²) < 4.78 is 7.56. The van der Waals surface area contributed by atoms with Gasteiger partial charge >= 0.3 is 0 Å². The van der Waals surface area contributed by atoms with Crippen LogP contribution in [0.2, 0.25) is 0 Å². The molecule has 6 heteroatoms. The molecule has 3 rings (SSSR count). The van der Waals surface area contributed by atoms with E-state index in [9.17, 15) is 4.79 Å². The molecular weight excluding hydrogens is 304 g/mol. The van der Waals surface area contributed by atoms with Crippen molar-refractivity contribution in [2.24, 2.45) is 0 Å². The lowest BCUT2D eigenvalue weighted by atomic mass is 10.1. The number of ketones is 1.